The van der Waals surface area contributed by atoms with Gasteiger partial charge in [0.2, 0.25) is 5.91 Å². The summed E-state index contributed by atoms with van der Waals surface area (Å²) < 4.78 is 0. The Morgan fingerprint density at radius 3 is 2.15 bits per heavy atom. The monoisotopic (exact) mass is 555 g/mol. The van der Waals surface area contributed by atoms with Crippen LogP contribution in [0.25, 0.3) is 6.08 Å². The minimum Gasteiger partial charge on any atom is -0.325 e. The molecule has 8 heteroatoms. The first-order valence-corrected chi connectivity index (χ1v) is 13.5. The standard InChI is InChI=1S/C31H26ClN3O3S/c1-21-10-12-25(13-11-21)33-29(36)20-39-27-16-14-26(15-17-27)34-31(38)28(19-22-6-5-9-24(32)18-22)35-30(37)23-7-3-2-4-8-23/h2-19H,20H2,1H3,(H,33,36)(H,34,38)(H,35,37)/b28-19-. The molecule has 0 bridgehead atoms. The minimum absolute atomic E-state index is 0.0670. The Balaban J connectivity index is 1.40. The van der Waals surface area contributed by atoms with Crippen molar-refractivity contribution < 1.29 is 14.4 Å². The molecule has 0 atom stereocenters. The SMILES string of the molecule is Cc1ccc(NC(=O)CSc2ccc(NC(=O)/C(=C/c3cccc(Cl)c3)NC(=O)c3ccccc3)cc2)cc1. The number of hydrogen-bond acceptors (Lipinski definition) is 4. The highest BCUT2D eigenvalue weighted by Gasteiger charge is 2.15. The van der Waals surface area contributed by atoms with Gasteiger partial charge in [0, 0.05) is 26.9 Å². The first-order chi connectivity index (χ1) is 18.9. The van der Waals surface area contributed by atoms with Gasteiger partial charge in [0.15, 0.2) is 0 Å². The van der Waals surface area contributed by atoms with Crippen LogP contribution in [-0.4, -0.2) is 23.5 Å². The topological polar surface area (TPSA) is 87.3 Å². The van der Waals surface area contributed by atoms with E-state index in [1.54, 1.807) is 66.7 Å². The van der Waals surface area contributed by atoms with E-state index in [9.17, 15) is 14.4 Å². The number of hydrogen-bond donors (Lipinski definition) is 3. The molecule has 3 N–H and O–H groups in total. The van der Waals surface area contributed by atoms with Crippen molar-refractivity contribution in [3.63, 3.8) is 0 Å². The zero-order valence-electron chi connectivity index (χ0n) is 21.1. The number of thioether (sulfide) groups is 1. The van der Waals surface area contributed by atoms with Gasteiger partial charge < -0.3 is 16.0 Å². The summed E-state index contributed by atoms with van der Waals surface area (Å²) in [6, 6.07) is 30.4. The largest absolute Gasteiger partial charge is 0.325 e. The van der Waals surface area contributed by atoms with Crippen LogP contribution in [0.4, 0.5) is 11.4 Å². The Hall–Kier alpha value is -4.33. The number of carbonyl (C=O) groups excluding carboxylic acids is 3. The summed E-state index contributed by atoms with van der Waals surface area (Å²) in [6.07, 6.45) is 1.57. The van der Waals surface area contributed by atoms with E-state index in [0.29, 0.717) is 21.8 Å². The molecule has 0 fully saturated rings. The number of halogens is 1. The van der Waals surface area contributed by atoms with Crippen LogP contribution in [0.15, 0.2) is 114 Å². The van der Waals surface area contributed by atoms with Gasteiger partial charge in [0.25, 0.3) is 11.8 Å². The zero-order valence-corrected chi connectivity index (χ0v) is 22.7. The lowest BCUT2D eigenvalue weighted by molar-refractivity contribution is -0.114. The number of amides is 3. The Bertz CT molecular complexity index is 1490. The van der Waals surface area contributed by atoms with Crippen LogP contribution in [0.1, 0.15) is 21.5 Å². The molecule has 39 heavy (non-hydrogen) atoms. The van der Waals surface area contributed by atoms with Gasteiger partial charge in [-0.2, -0.15) is 0 Å². The van der Waals surface area contributed by atoms with Gasteiger partial charge in [0.1, 0.15) is 5.70 Å². The molecule has 0 unspecified atom stereocenters. The van der Waals surface area contributed by atoms with Crippen LogP contribution < -0.4 is 16.0 Å². The van der Waals surface area contributed by atoms with Crippen LogP contribution in [0, 0.1) is 6.92 Å². The molecule has 0 aliphatic heterocycles. The van der Waals surface area contributed by atoms with Crippen LogP contribution in [0.3, 0.4) is 0 Å². The molecule has 0 radical (unpaired) electrons. The molecule has 196 valence electrons. The lowest BCUT2D eigenvalue weighted by Gasteiger charge is -2.12. The van der Waals surface area contributed by atoms with E-state index >= 15 is 0 Å². The minimum atomic E-state index is -0.489. The van der Waals surface area contributed by atoms with Crippen molar-refractivity contribution in [2.24, 2.45) is 0 Å². The summed E-state index contributed by atoms with van der Waals surface area (Å²) in [5, 5.41) is 8.91. The van der Waals surface area contributed by atoms with E-state index in [1.165, 1.54) is 11.8 Å². The predicted octanol–water partition coefficient (Wildman–Crippen LogP) is 6.79. The molecule has 4 aromatic carbocycles. The number of carbonyl (C=O) groups is 3. The van der Waals surface area contributed by atoms with Gasteiger partial charge in [-0.15, -0.1) is 11.8 Å². The van der Waals surface area contributed by atoms with E-state index in [0.717, 1.165) is 16.1 Å². The second kappa shape index (κ2) is 13.5. The third-order valence-electron chi connectivity index (χ3n) is 5.51. The van der Waals surface area contributed by atoms with E-state index in [4.69, 9.17) is 11.6 Å². The highest BCUT2D eigenvalue weighted by molar-refractivity contribution is 8.00. The lowest BCUT2D eigenvalue weighted by atomic mass is 10.1. The Morgan fingerprint density at radius 2 is 1.46 bits per heavy atom. The fourth-order valence-electron chi connectivity index (χ4n) is 3.52. The normalized spacial score (nSPS) is 11.0. The van der Waals surface area contributed by atoms with Crippen molar-refractivity contribution in [2.75, 3.05) is 16.4 Å². The maximum absolute atomic E-state index is 13.2. The Labute approximate surface area is 236 Å². The zero-order chi connectivity index (χ0) is 27.6. The molecule has 4 aromatic rings. The smallest absolute Gasteiger partial charge is 0.272 e. The third kappa shape index (κ3) is 8.60. The molecule has 3 amide bonds. The molecule has 0 saturated heterocycles. The summed E-state index contributed by atoms with van der Waals surface area (Å²) in [6.45, 7) is 1.99. The van der Waals surface area contributed by atoms with Gasteiger partial charge in [-0.05, 0) is 79.2 Å². The first kappa shape index (κ1) is 27.7. The van der Waals surface area contributed by atoms with Gasteiger partial charge in [-0.25, -0.2) is 0 Å². The summed E-state index contributed by atoms with van der Waals surface area (Å²) in [5.74, 6) is -0.754. The molecule has 0 heterocycles. The highest BCUT2D eigenvalue weighted by atomic mass is 35.5. The van der Waals surface area contributed by atoms with Crippen molar-refractivity contribution in [1.29, 1.82) is 0 Å². The van der Waals surface area contributed by atoms with Gasteiger partial charge >= 0.3 is 0 Å². The number of rotatable bonds is 9. The molecule has 0 spiro atoms. The summed E-state index contributed by atoms with van der Waals surface area (Å²) in [5.41, 5.74) is 3.58. The first-order valence-electron chi connectivity index (χ1n) is 12.1. The lowest BCUT2D eigenvalue weighted by Crippen LogP contribution is -2.30. The molecule has 0 aliphatic carbocycles. The number of anilines is 2. The third-order valence-corrected chi connectivity index (χ3v) is 6.75. The maximum atomic E-state index is 13.2. The fraction of sp³-hybridized carbons (Fsp3) is 0.0645. The molecule has 0 aromatic heterocycles. The average molecular weight is 556 g/mol. The molecule has 0 aliphatic rings. The number of benzene rings is 4. The molecule has 6 nitrogen and oxygen atoms in total. The molecular weight excluding hydrogens is 530 g/mol. The predicted molar refractivity (Wildman–Crippen MR) is 159 cm³/mol. The number of aryl methyl sites for hydroxylation is 1. The van der Waals surface area contributed by atoms with Crippen molar-refractivity contribution in [3.05, 3.63) is 131 Å². The second-order valence-electron chi connectivity index (χ2n) is 8.61. The van der Waals surface area contributed by atoms with E-state index in [2.05, 4.69) is 16.0 Å². The van der Waals surface area contributed by atoms with Crippen LogP contribution in [0.2, 0.25) is 5.02 Å². The maximum Gasteiger partial charge on any atom is 0.272 e. The van der Waals surface area contributed by atoms with E-state index in [-0.39, 0.29) is 17.4 Å². The molecule has 4 rings (SSSR count). The molecule has 0 saturated carbocycles. The second-order valence-corrected chi connectivity index (χ2v) is 10.1. The average Bonchev–Trinajstić information content (AvgIpc) is 2.94. The van der Waals surface area contributed by atoms with Gasteiger partial charge in [0.05, 0.1) is 5.75 Å². The fourth-order valence-corrected chi connectivity index (χ4v) is 4.42. The quantitative estimate of drug-likeness (QED) is 0.157. The Morgan fingerprint density at radius 1 is 0.795 bits per heavy atom. The van der Waals surface area contributed by atoms with Gasteiger partial charge in [-0.1, -0.05) is 59.6 Å². The van der Waals surface area contributed by atoms with E-state index in [1.807, 2.05) is 49.4 Å². The number of nitrogens with one attached hydrogen (secondary N) is 3. The van der Waals surface area contributed by atoms with Crippen LogP contribution >= 0.6 is 23.4 Å². The van der Waals surface area contributed by atoms with Crippen LogP contribution in [0.5, 0.6) is 0 Å². The van der Waals surface area contributed by atoms with Crippen molar-refractivity contribution >= 4 is 58.5 Å². The van der Waals surface area contributed by atoms with Crippen molar-refractivity contribution in [2.45, 2.75) is 11.8 Å². The Kier molecular flexibility index (Phi) is 9.56. The van der Waals surface area contributed by atoms with Crippen molar-refractivity contribution in [3.8, 4) is 0 Å². The highest BCUT2D eigenvalue weighted by Crippen LogP contribution is 2.22. The molecular formula is C31H26ClN3O3S. The van der Waals surface area contributed by atoms with Crippen LogP contribution in [-0.2, 0) is 9.59 Å². The van der Waals surface area contributed by atoms with Crippen molar-refractivity contribution in [1.82, 2.24) is 5.32 Å². The summed E-state index contributed by atoms with van der Waals surface area (Å²) >= 11 is 7.49. The summed E-state index contributed by atoms with van der Waals surface area (Å²) in [7, 11) is 0. The summed E-state index contributed by atoms with van der Waals surface area (Å²) in [4.78, 5) is 39.1. The van der Waals surface area contributed by atoms with E-state index < -0.39 is 11.8 Å². The van der Waals surface area contributed by atoms with Gasteiger partial charge in [-0.3, -0.25) is 14.4 Å².